The average molecular weight is 232 g/mol. The van der Waals surface area contributed by atoms with Crippen molar-refractivity contribution >= 4 is 17.0 Å². The van der Waals surface area contributed by atoms with Crippen molar-refractivity contribution in [1.29, 1.82) is 0 Å². The van der Waals surface area contributed by atoms with E-state index in [9.17, 15) is 4.79 Å². The molecule has 2 N–H and O–H groups in total. The smallest absolute Gasteiger partial charge is 0.314 e. The van der Waals surface area contributed by atoms with Crippen LogP contribution in [0, 0.1) is 0 Å². The lowest BCUT2D eigenvalue weighted by molar-refractivity contribution is 0.241. The van der Waals surface area contributed by atoms with Crippen molar-refractivity contribution in [2.45, 2.75) is 13.3 Å². The summed E-state index contributed by atoms with van der Waals surface area (Å²) < 4.78 is 5.43. The topological polar surface area (TPSA) is 54.3 Å². The number of furan rings is 1. The molecule has 0 radical (unpaired) electrons. The highest BCUT2D eigenvalue weighted by atomic mass is 16.3. The predicted octanol–water partition coefficient (Wildman–Crippen LogP) is 2.29. The second kappa shape index (κ2) is 5.39. The molecule has 1 aromatic heterocycles. The van der Waals surface area contributed by atoms with E-state index in [0.29, 0.717) is 13.1 Å². The minimum Gasteiger partial charge on any atom is -0.464 e. The molecule has 4 heteroatoms. The van der Waals surface area contributed by atoms with Gasteiger partial charge in [-0.25, -0.2) is 4.79 Å². The van der Waals surface area contributed by atoms with E-state index in [2.05, 4.69) is 10.6 Å². The van der Waals surface area contributed by atoms with Crippen molar-refractivity contribution in [1.82, 2.24) is 10.6 Å². The Kier molecular flexibility index (Phi) is 3.65. The first kappa shape index (κ1) is 11.5. The third kappa shape index (κ3) is 2.78. The highest BCUT2D eigenvalue weighted by molar-refractivity contribution is 5.81. The molecule has 0 aliphatic heterocycles. The van der Waals surface area contributed by atoms with Crippen LogP contribution in [-0.4, -0.2) is 19.1 Å². The van der Waals surface area contributed by atoms with Gasteiger partial charge >= 0.3 is 6.03 Å². The molecule has 17 heavy (non-hydrogen) atoms. The van der Waals surface area contributed by atoms with Crippen molar-refractivity contribution < 1.29 is 9.21 Å². The van der Waals surface area contributed by atoms with Crippen LogP contribution < -0.4 is 10.6 Å². The van der Waals surface area contributed by atoms with Gasteiger partial charge in [-0.05, 0) is 25.0 Å². The van der Waals surface area contributed by atoms with Crippen molar-refractivity contribution in [2.24, 2.45) is 0 Å². The SMILES string of the molecule is CCNC(=O)NCCc1coc2ccccc12. The lowest BCUT2D eigenvalue weighted by Crippen LogP contribution is -2.36. The summed E-state index contributed by atoms with van der Waals surface area (Å²) in [5.74, 6) is 0. The minimum atomic E-state index is -0.125. The van der Waals surface area contributed by atoms with E-state index in [0.717, 1.165) is 23.0 Å². The molecule has 0 unspecified atom stereocenters. The summed E-state index contributed by atoms with van der Waals surface area (Å²) in [6.07, 6.45) is 2.53. The van der Waals surface area contributed by atoms with Crippen LogP contribution in [0.2, 0.25) is 0 Å². The fraction of sp³-hybridized carbons (Fsp3) is 0.308. The van der Waals surface area contributed by atoms with Gasteiger partial charge in [-0.15, -0.1) is 0 Å². The van der Waals surface area contributed by atoms with E-state index < -0.39 is 0 Å². The molecule has 0 fully saturated rings. The zero-order chi connectivity index (χ0) is 12.1. The van der Waals surface area contributed by atoms with Gasteiger partial charge in [-0.1, -0.05) is 18.2 Å². The number of para-hydroxylation sites is 1. The number of carbonyl (C=O) groups is 1. The Morgan fingerprint density at radius 3 is 2.94 bits per heavy atom. The maximum absolute atomic E-state index is 11.2. The van der Waals surface area contributed by atoms with Crippen LogP contribution in [0.3, 0.4) is 0 Å². The summed E-state index contributed by atoms with van der Waals surface area (Å²) in [6.45, 7) is 3.14. The van der Waals surface area contributed by atoms with Gasteiger partial charge < -0.3 is 15.1 Å². The molecule has 2 aromatic rings. The second-order valence-electron chi connectivity index (χ2n) is 3.79. The Balaban J connectivity index is 1.93. The zero-order valence-electron chi connectivity index (χ0n) is 9.82. The van der Waals surface area contributed by atoms with Gasteiger partial charge in [-0.3, -0.25) is 0 Å². The second-order valence-corrected chi connectivity index (χ2v) is 3.79. The van der Waals surface area contributed by atoms with Gasteiger partial charge in [0.2, 0.25) is 0 Å². The summed E-state index contributed by atoms with van der Waals surface area (Å²) in [5, 5.41) is 6.60. The van der Waals surface area contributed by atoms with Crippen molar-refractivity contribution in [3.63, 3.8) is 0 Å². The van der Waals surface area contributed by atoms with Crippen LogP contribution in [0.25, 0.3) is 11.0 Å². The summed E-state index contributed by atoms with van der Waals surface area (Å²) in [5.41, 5.74) is 2.01. The van der Waals surface area contributed by atoms with E-state index in [4.69, 9.17) is 4.42 Å². The molecule has 0 atom stereocenters. The Labute approximate surface area is 100.0 Å². The van der Waals surface area contributed by atoms with Gasteiger partial charge in [0.25, 0.3) is 0 Å². The van der Waals surface area contributed by atoms with Crippen LogP contribution in [0.15, 0.2) is 34.9 Å². The lowest BCUT2D eigenvalue weighted by atomic mass is 10.1. The first-order valence-corrected chi connectivity index (χ1v) is 5.78. The molecular formula is C13H16N2O2. The zero-order valence-corrected chi connectivity index (χ0v) is 9.82. The molecule has 1 heterocycles. The van der Waals surface area contributed by atoms with Crippen molar-refractivity contribution in [3.8, 4) is 0 Å². The number of amides is 2. The molecule has 0 saturated carbocycles. The van der Waals surface area contributed by atoms with Gasteiger partial charge in [0.05, 0.1) is 6.26 Å². The summed E-state index contributed by atoms with van der Waals surface area (Å²) >= 11 is 0. The Morgan fingerprint density at radius 1 is 1.29 bits per heavy atom. The number of fused-ring (bicyclic) bond motifs is 1. The number of benzene rings is 1. The van der Waals surface area contributed by atoms with Gasteiger partial charge in [-0.2, -0.15) is 0 Å². The molecular weight excluding hydrogens is 216 g/mol. The van der Waals surface area contributed by atoms with E-state index in [1.807, 2.05) is 31.2 Å². The van der Waals surface area contributed by atoms with E-state index in [-0.39, 0.29) is 6.03 Å². The summed E-state index contributed by atoms with van der Waals surface area (Å²) in [6, 6.07) is 7.78. The van der Waals surface area contributed by atoms with Gasteiger partial charge in [0, 0.05) is 18.5 Å². The number of carbonyl (C=O) groups excluding carboxylic acids is 1. The quantitative estimate of drug-likeness (QED) is 0.849. The van der Waals surface area contributed by atoms with Crippen LogP contribution in [0.1, 0.15) is 12.5 Å². The number of hydrogen-bond donors (Lipinski definition) is 2. The standard InChI is InChI=1S/C13H16N2O2/c1-2-14-13(16)15-8-7-10-9-17-12-6-4-3-5-11(10)12/h3-6,9H,2,7-8H2,1H3,(H2,14,15,16). The molecule has 0 saturated heterocycles. The van der Waals surface area contributed by atoms with E-state index in [1.54, 1.807) is 6.26 Å². The van der Waals surface area contributed by atoms with Gasteiger partial charge in [0.15, 0.2) is 0 Å². The maximum atomic E-state index is 11.2. The molecule has 1 aromatic carbocycles. The van der Waals surface area contributed by atoms with E-state index in [1.165, 1.54) is 0 Å². The molecule has 0 aliphatic rings. The highest BCUT2D eigenvalue weighted by Gasteiger charge is 2.05. The first-order chi connectivity index (χ1) is 8.31. The molecule has 90 valence electrons. The third-order valence-electron chi connectivity index (χ3n) is 2.58. The van der Waals surface area contributed by atoms with Crippen LogP contribution in [-0.2, 0) is 6.42 Å². The number of rotatable bonds is 4. The average Bonchev–Trinajstić information content (AvgIpc) is 2.73. The molecule has 0 spiro atoms. The largest absolute Gasteiger partial charge is 0.464 e. The minimum absolute atomic E-state index is 0.125. The highest BCUT2D eigenvalue weighted by Crippen LogP contribution is 2.20. The summed E-state index contributed by atoms with van der Waals surface area (Å²) in [4.78, 5) is 11.2. The molecule has 2 rings (SSSR count). The normalized spacial score (nSPS) is 10.4. The number of nitrogens with one attached hydrogen (secondary N) is 2. The fourth-order valence-corrected chi connectivity index (χ4v) is 1.76. The Morgan fingerprint density at radius 2 is 2.12 bits per heavy atom. The summed E-state index contributed by atoms with van der Waals surface area (Å²) in [7, 11) is 0. The number of urea groups is 1. The monoisotopic (exact) mass is 232 g/mol. The van der Waals surface area contributed by atoms with Crippen LogP contribution in [0.5, 0.6) is 0 Å². The molecule has 4 nitrogen and oxygen atoms in total. The van der Waals surface area contributed by atoms with Gasteiger partial charge in [0.1, 0.15) is 5.58 Å². The van der Waals surface area contributed by atoms with Crippen LogP contribution in [0.4, 0.5) is 4.79 Å². The molecule has 0 bridgehead atoms. The predicted molar refractivity (Wildman–Crippen MR) is 67.0 cm³/mol. The van der Waals surface area contributed by atoms with Crippen molar-refractivity contribution in [2.75, 3.05) is 13.1 Å². The van der Waals surface area contributed by atoms with E-state index >= 15 is 0 Å². The molecule has 2 amide bonds. The number of hydrogen-bond acceptors (Lipinski definition) is 2. The first-order valence-electron chi connectivity index (χ1n) is 5.78. The van der Waals surface area contributed by atoms with Crippen LogP contribution >= 0.6 is 0 Å². The Hall–Kier alpha value is -1.97. The fourth-order valence-electron chi connectivity index (χ4n) is 1.76. The third-order valence-corrected chi connectivity index (χ3v) is 2.58. The lowest BCUT2D eigenvalue weighted by Gasteiger charge is -2.04. The maximum Gasteiger partial charge on any atom is 0.314 e. The molecule has 0 aliphatic carbocycles. The Bertz CT molecular complexity index is 505. The van der Waals surface area contributed by atoms with Crippen molar-refractivity contribution in [3.05, 3.63) is 36.1 Å².